The summed E-state index contributed by atoms with van der Waals surface area (Å²) in [4.78, 5) is 14.7. The van der Waals surface area contributed by atoms with Crippen molar-refractivity contribution in [2.45, 2.75) is 50.7 Å². The van der Waals surface area contributed by atoms with Crippen molar-refractivity contribution in [1.29, 1.82) is 5.26 Å². The molecule has 2 aliphatic carbocycles. The molecule has 7 heteroatoms. The van der Waals surface area contributed by atoms with E-state index in [9.17, 15) is 18.8 Å². The third-order valence-electron chi connectivity index (χ3n) is 7.24. The molecule has 1 aliphatic heterocycles. The molecule has 1 heterocycles. The third-order valence-corrected chi connectivity index (χ3v) is 7.24. The van der Waals surface area contributed by atoms with E-state index in [1.54, 1.807) is 0 Å². The Kier molecular flexibility index (Phi) is 5.99. The number of nitriles is 1. The summed E-state index contributed by atoms with van der Waals surface area (Å²) in [5.41, 5.74) is 3.48. The second kappa shape index (κ2) is 8.98. The summed E-state index contributed by atoms with van der Waals surface area (Å²) < 4.78 is 31.7. The zero-order valence-electron chi connectivity index (χ0n) is 19.4. The van der Waals surface area contributed by atoms with E-state index in [1.807, 2.05) is 42.5 Å². The number of nitrogens with one attached hydrogen (secondary N) is 1. The van der Waals surface area contributed by atoms with Gasteiger partial charge in [0, 0.05) is 26.1 Å². The van der Waals surface area contributed by atoms with E-state index in [2.05, 4.69) is 22.2 Å². The van der Waals surface area contributed by atoms with Crippen LogP contribution in [0.2, 0.25) is 0 Å². The number of fused-ring (bicyclic) bond motifs is 1. The third kappa shape index (κ3) is 5.01. The molecule has 2 aromatic rings. The summed E-state index contributed by atoms with van der Waals surface area (Å²) in [6.07, 6.45) is 7.61. The van der Waals surface area contributed by atoms with Crippen molar-refractivity contribution < 1.29 is 18.3 Å². The molecule has 0 aromatic heterocycles. The minimum Gasteiger partial charge on any atom is -0.493 e. The van der Waals surface area contributed by atoms with Crippen molar-refractivity contribution in [3.05, 3.63) is 64.7 Å². The lowest BCUT2D eigenvalue weighted by Gasteiger charge is -2.29. The molecule has 2 fully saturated rings. The maximum Gasteiger partial charge on any atom is 0.255 e. The van der Waals surface area contributed by atoms with Crippen molar-refractivity contribution in [3.8, 4) is 24.2 Å². The Labute approximate surface area is 204 Å². The van der Waals surface area contributed by atoms with Gasteiger partial charge in [0.1, 0.15) is 17.2 Å². The van der Waals surface area contributed by atoms with Crippen LogP contribution in [0.4, 0.5) is 8.78 Å². The predicted octanol–water partition coefficient (Wildman–Crippen LogP) is 4.37. The predicted molar refractivity (Wildman–Crippen MR) is 126 cm³/mol. The first-order chi connectivity index (χ1) is 16.8. The van der Waals surface area contributed by atoms with Gasteiger partial charge in [-0.2, -0.15) is 5.26 Å². The summed E-state index contributed by atoms with van der Waals surface area (Å²) in [6.45, 7) is 2.53. The smallest absolute Gasteiger partial charge is 0.255 e. The number of ether oxygens (including phenoxy) is 1. The van der Waals surface area contributed by atoms with Crippen LogP contribution in [0.25, 0.3) is 0 Å². The Morgan fingerprint density at radius 3 is 2.60 bits per heavy atom. The van der Waals surface area contributed by atoms with Gasteiger partial charge in [-0.15, -0.1) is 6.42 Å². The van der Waals surface area contributed by atoms with Crippen LogP contribution < -0.4 is 10.1 Å². The fraction of sp³-hybridized carbons (Fsp3) is 0.429. The molecular formula is C28H27F2N3O2. The Morgan fingerprint density at radius 2 is 1.97 bits per heavy atom. The zero-order chi connectivity index (χ0) is 24.6. The van der Waals surface area contributed by atoms with Gasteiger partial charge in [0.05, 0.1) is 18.6 Å². The molecular weight excluding hydrogens is 448 g/mol. The molecule has 1 N–H and O–H groups in total. The molecule has 0 bridgehead atoms. The van der Waals surface area contributed by atoms with Gasteiger partial charge in [0.2, 0.25) is 5.91 Å². The summed E-state index contributed by atoms with van der Waals surface area (Å²) in [5, 5.41) is 12.0. The normalized spacial score (nSPS) is 22.1. The fourth-order valence-corrected chi connectivity index (χ4v) is 4.54. The summed E-state index contributed by atoms with van der Waals surface area (Å²) in [6, 6.07) is 15.3. The van der Waals surface area contributed by atoms with Crippen LogP contribution in [-0.4, -0.2) is 29.9 Å². The first-order valence-corrected chi connectivity index (χ1v) is 11.9. The van der Waals surface area contributed by atoms with Crippen molar-refractivity contribution in [2.24, 2.45) is 11.3 Å². The molecule has 1 amide bonds. The second-order valence-corrected chi connectivity index (χ2v) is 9.87. The first kappa shape index (κ1) is 23.3. The molecule has 35 heavy (non-hydrogen) atoms. The number of amides is 1. The maximum absolute atomic E-state index is 13.1. The number of hydrogen-bond acceptors (Lipinski definition) is 4. The van der Waals surface area contributed by atoms with Gasteiger partial charge in [0.15, 0.2) is 0 Å². The molecule has 5 nitrogen and oxygen atoms in total. The summed E-state index contributed by atoms with van der Waals surface area (Å²) in [5.74, 6) is -0.229. The molecule has 2 aromatic carbocycles. The van der Waals surface area contributed by atoms with Gasteiger partial charge in [-0.25, -0.2) is 8.78 Å². The van der Waals surface area contributed by atoms with Crippen LogP contribution in [-0.2, 0) is 24.3 Å². The number of nitrogens with zero attached hydrogens (tertiary/aromatic N) is 2. The Morgan fingerprint density at radius 1 is 1.23 bits per heavy atom. The van der Waals surface area contributed by atoms with E-state index in [-0.39, 0.29) is 18.9 Å². The van der Waals surface area contributed by atoms with Crippen molar-refractivity contribution >= 4 is 5.91 Å². The number of terminal acetylenes is 1. The molecule has 0 radical (unpaired) electrons. The van der Waals surface area contributed by atoms with Gasteiger partial charge < -0.3 is 10.1 Å². The maximum atomic E-state index is 13.1. The van der Waals surface area contributed by atoms with Crippen molar-refractivity contribution in [2.75, 3.05) is 13.2 Å². The summed E-state index contributed by atoms with van der Waals surface area (Å²) >= 11 is 0. The van der Waals surface area contributed by atoms with E-state index < -0.39 is 23.3 Å². The van der Waals surface area contributed by atoms with Gasteiger partial charge in [-0.05, 0) is 53.6 Å². The van der Waals surface area contributed by atoms with E-state index in [0.29, 0.717) is 18.6 Å². The molecule has 2 atom stereocenters. The summed E-state index contributed by atoms with van der Waals surface area (Å²) in [7, 11) is 0. The number of benzene rings is 2. The van der Waals surface area contributed by atoms with E-state index >= 15 is 0 Å². The zero-order valence-corrected chi connectivity index (χ0v) is 19.4. The Balaban J connectivity index is 1.15. The first-order valence-electron chi connectivity index (χ1n) is 11.9. The number of alkyl halides is 2. The fourth-order valence-electron chi connectivity index (χ4n) is 4.54. The van der Waals surface area contributed by atoms with Crippen LogP contribution in [0, 0.1) is 35.0 Å². The highest BCUT2D eigenvalue weighted by molar-refractivity contribution is 5.88. The number of rotatable bonds is 8. The number of hydrogen-bond donors (Lipinski definition) is 1. The van der Waals surface area contributed by atoms with Crippen molar-refractivity contribution in [3.63, 3.8) is 0 Å². The highest BCUT2D eigenvalue weighted by Crippen LogP contribution is 2.48. The minimum absolute atomic E-state index is 0.0668. The highest BCUT2D eigenvalue weighted by Gasteiger charge is 2.57. The monoisotopic (exact) mass is 475 g/mol. The number of carbonyl (C=O) groups is 1. The molecule has 2 saturated carbocycles. The molecule has 180 valence electrons. The lowest BCUT2D eigenvalue weighted by molar-refractivity contribution is -0.124. The quantitative estimate of drug-likeness (QED) is 0.576. The van der Waals surface area contributed by atoms with E-state index in [0.717, 1.165) is 37.2 Å². The molecule has 2 unspecified atom stereocenters. The van der Waals surface area contributed by atoms with E-state index in [1.165, 1.54) is 11.1 Å². The standard InChI is InChI=1S/C28H27F2N3O2/c1-2-25(32-26(34)27(18-31)10-11-27)20-5-3-19(4-6-20)15-33-12-9-21-13-24(8-7-22(21)16-33)35-17-23-14-28(23,29)30/h1,3-8,13,23,25H,9-12,14-17H2,(H,32,34). The number of carbonyl (C=O) groups excluding carboxylic acids is 1. The highest BCUT2D eigenvalue weighted by atomic mass is 19.3. The van der Waals surface area contributed by atoms with Crippen LogP contribution in [0.1, 0.15) is 47.6 Å². The van der Waals surface area contributed by atoms with Gasteiger partial charge in [-0.1, -0.05) is 36.3 Å². The van der Waals surface area contributed by atoms with Crippen molar-refractivity contribution in [1.82, 2.24) is 10.2 Å². The van der Waals surface area contributed by atoms with Gasteiger partial charge >= 0.3 is 0 Å². The van der Waals surface area contributed by atoms with Gasteiger partial charge in [0.25, 0.3) is 5.92 Å². The second-order valence-electron chi connectivity index (χ2n) is 9.87. The van der Waals surface area contributed by atoms with Crippen LogP contribution in [0.3, 0.4) is 0 Å². The largest absolute Gasteiger partial charge is 0.493 e. The average Bonchev–Trinajstić information content (AvgIpc) is 3.78. The Hall–Kier alpha value is -3.42. The lowest BCUT2D eigenvalue weighted by atomic mass is 9.98. The van der Waals surface area contributed by atoms with Crippen LogP contribution >= 0.6 is 0 Å². The average molecular weight is 476 g/mol. The lowest BCUT2D eigenvalue weighted by Crippen LogP contribution is -2.34. The molecule has 0 spiro atoms. The topological polar surface area (TPSA) is 65.4 Å². The van der Waals surface area contributed by atoms with E-state index in [4.69, 9.17) is 11.2 Å². The number of halogens is 2. The minimum atomic E-state index is -2.56. The Bertz CT molecular complexity index is 1210. The SMILES string of the molecule is C#CC(NC(=O)C1(C#N)CC1)c1ccc(CN2CCc3cc(OCC4CC4(F)F)ccc3C2)cc1. The van der Waals surface area contributed by atoms with Gasteiger partial charge in [-0.3, -0.25) is 9.69 Å². The van der Waals surface area contributed by atoms with Crippen LogP contribution in [0.15, 0.2) is 42.5 Å². The molecule has 5 rings (SSSR count). The van der Waals surface area contributed by atoms with Crippen LogP contribution in [0.5, 0.6) is 5.75 Å². The molecule has 0 saturated heterocycles. The molecule has 3 aliphatic rings.